The molecule has 1 nitrogen and oxygen atoms in total. The van der Waals surface area contributed by atoms with Crippen molar-refractivity contribution >= 4 is 23.7 Å². The quantitative estimate of drug-likeness (QED) is 0.732. The second-order valence-corrected chi connectivity index (χ2v) is 5.30. The van der Waals surface area contributed by atoms with Gasteiger partial charge in [-0.05, 0) is 39.1 Å². The second-order valence-electron chi connectivity index (χ2n) is 4.52. The average Bonchev–Trinajstić information content (AvgIpc) is 3.02. The smallest absolute Gasteiger partial charge is 0.0559 e. The number of benzene rings is 2. The Labute approximate surface area is 129 Å². The molecule has 0 aliphatic heterocycles. The molecule has 0 amide bonds. The minimum absolute atomic E-state index is 0. The molecule has 1 aromatic heterocycles. The van der Waals surface area contributed by atoms with E-state index in [1.54, 1.807) is 11.3 Å². The summed E-state index contributed by atoms with van der Waals surface area (Å²) in [4.78, 5) is 0. The molecule has 102 valence electrons. The van der Waals surface area contributed by atoms with E-state index in [0.717, 1.165) is 5.56 Å². The van der Waals surface area contributed by atoms with Crippen LogP contribution in [0.5, 0.6) is 0 Å². The van der Waals surface area contributed by atoms with Crippen LogP contribution in [0.4, 0.5) is 0 Å². The predicted octanol–water partition coefficient (Wildman–Crippen LogP) is 4.89. The van der Waals surface area contributed by atoms with E-state index in [2.05, 4.69) is 65.4 Å². The third-order valence-corrected chi connectivity index (χ3v) is 3.98. The SMILES string of the molecule is Cl.N[C@@H](c1ccc(-c2ccccc2)cc1)c1ccsc1. The Hall–Kier alpha value is -1.61. The largest absolute Gasteiger partial charge is 0.320 e. The highest BCUT2D eigenvalue weighted by Gasteiger charge is 2.09. The fraction of sp³-hybridized carbons (Fsp3) is 0.0588. The maximum absolute atomic E-state index is 6.26. The minimum Gasteiger partial charge on any atom is -0.320 e. The summed E-state index contributed by atoms with van der Waals surface area (Å²) in [5, 5.41) is 4.17. The molecule has 2 aromatic carbocycles. The Bertz CT molecular complexity index is 633. The van der Waals surface area contributed by atoms with Crippen molar-refractivity contribution in [2.75, 3.05) is 0 Å². The van der Waals surface area contributed by atoms with Crippen molar-refractivity contribution < 1.29 is 0 Å². The number of rotatable bonds is 3. The molecule has 3 aromatic rings. The molecule has 1 atom stereocenters. The standard InChI is InChI=1S/C17H15NS.ClH/c18-17(16-10-11-19-12-16)15-8-6-14(7-9-15)13-4-2-1-3-5-13;/h1-12,17H,18H2;1H/t17-;/m0./s1. The van der Waals surface area contributed by atoms with E-state index in [4.69, 9.17) is 5.73 Å². The van der Waals surface area contributed by atoms with E-state index in [1.807, 2.05) is 6.07 Å². The predicted molar refractivity (Wildman–Crippen MR) is 89.5 cm³/mol. The summed E-state index contributed by atoms with van der Waals surface area (Å²) in [5.74, 6) is 0. The van der Waals surface area contributed by atoms with Crippen molar-refractivity contribution in [2.45, 2.75) is 6.04 Å². The lowest BCUT2D eigenvalue weighted by Crippen LogP contribution is -2.10. The molecule has 0 saturated carbocycles. The molecular formula is C17H16ClNS. The zero-order chi connectivity index (χ0) is 13.1. The van der Waals surface area contributed by atoms with Gasteiger partial charge in [0, 0.05) is 0 Å². The lowest BCUT2D eigenvalue weighted by atomic mass is 9.98. The van der Waals surface area contributed by atoms with Crippen LogP contribution in [0.2, 0.25) is 0 Å². The molecule has 0 spiro atoms. The Balaban J connectivity index is 0.00000147. The van der Waals surface area contributed by atoms with Gasteiger partial charge in [-0.25, -0.2) is 0 Å². The summed E-state index contributed by atoms with van der Waals surface area (Å²) in [6.07, 6.45) is 0. The van der Waals surface area contributed by atoms with Gasteiger partial charge in [-0.3, -0.25) is 0 Å². The number of thiophene rings is 1. The van der Waals surface area contributed by atoms with Crippen LogP contribution >= 0.6 is 23.7 Å². The van der Waals surface area contributed by atoms with Crippen LogP contribution in [0.15, 0.2) is 71.4 Å². The first-order valence-electron chi connectivity index (χ1n) is 6.27. The summed E-state index contributed by atoms with van der Waals surface area (Å²) in [7, 11) is 0. The summed E-state index contributed by atoms with van der Waals surface area (Å²) in [5.41, 5.74) is 11.0. The zero-order valence-corrected chi connectivity index (χ0v) is 12.5. The molecule has 3 heteroatoms. The van der Waals surface area contributed by atoms with Crippen LogP contribution in [-0.4, -0.2) is 0 Å². The van der Waals surface area contributed by atoms with Crippen molar-refractivity contribution in [3.8, 4) is 11.1 Å². The van der Waals surface area contributed by atoms with E-state index in [1.165, 1.54) is 16.7 Å². The second kappa shape index (κ2) is 6.71. The van der Waals surface area contributed by atoms with Crippen molar-refractivity contribution in [3.63, 3.8) is 0 Å². The van der Waals surface area contributed by atoms with Gasteiger partial charge in [-0.1, -0.05) is 54.6 Å². The maximum Gasteiger partial charge on any atom is 0.0559 e. The third kappa shape index (κ3) is 3.10. The molecule has 1 heterocycles. The summed E-state index contributed by atoms with van der Waals surface area (Å²) in [6, 6.07) is 20.9. The molecule has 0 aliphatic rings. The van der Waals surface area contributed by atoms with Crippen molar-refractivity contribution in [1.29, 1.82) is 0 Å². The number of halogens is 1. The van der Waals surface area contributed by atoms with E-state index >= 15 is 0 Å². The molecule has 0 aliphatic carbocycles. The summed E-state index contributed by atoms with van der Waals surface area (Å²) >= 11 is 1.68. The molecule has 0 unspecified atom stereocenters. The Morgan fingerprint density at radius 1 is 0.750 bits per heavy atom. The summed E-state index contributed by atoms with van der Waals surface area (Å²) in [6.45, 7) is 0. The van der Waals surface area contributed by atoms with Gasteiger partial charge in [0.25, 0.3) is 0 Å². The molecule has 0 fully saturated rings. The Morgan fingerprint density at radius 2 is 1.40 bits per heavy atom. The van der Waals surface area contributed by atoms with Gasteiger partial charge < -0.3 is 5.73 Å². The lowest BCUT2D eigenvalue weighted by molar-refractivity contribution is 0.877. The van der Waals surface area contributed by atoms with Crippen LogP contribution in [-0.2, 0) is 0 Å². The molecular weight excluding hydrogens is 286 g/mol. The van der Waals surface area contributed by atoms with Crippen LogP contribution < -0.4 is 5.73 Å². The highest BCUT2D eigenvalue weighted by atomic mass is 35.5. The van der Waals surface area contributed by atoms with Crippen LogP contribution in [0.25, 0.3) is 11.1 Å². The monoisotopic (exact) mass is 301 g/mol. The fourth-order valence-electron chi connectivity index (χ4n) is 2.16. The first-order valence-corrected chi connectivity index (χ1v) is 7.22. The number of hydrogen-bond acceptors (Lipinski definition) is 2. The highest BCUT2D eigenvalue weighted by Crippen LogP contribution is 2.25. The molecule has 2 N–H and O–H groups in total. The maximum atomic E-state index is 6.26. The van der Waals surface area contributed by atoms with E-state index in [0.29, 0.717) is 0 Å². The van der Waals surface area contributed by atoms with Gasteiger partial charge in [0.05, 0.1) is 6.04 Å². The van der Waals surface area contributed by atoms with Gasteiger partial charge in [-0.15, -0.1) is 12.4 Å². The number of nitrogens with two attached hydrogens (primary N) is 1. The van der Waals surface area contributed by atoms with Gasteiger partial charge in [-0.2, -0.15) is 11.3 Å². The van der Waals surface area contributed by atoms with Gasteiger partial charge in [0.1, 0.15) is 0 Å². The lowest BCUT2D eigenvalue weighted by Gasteiger charge is -2.11. The van der Waals surface area contributed by atoms with Crippen molar-refractivity contribution in [3.05, 3.63) is 82.6 Å². The van der Waals surface area contributed by atoms with Gasteiger partial charge >= 0.3 is 0 Å². The van der Waals surface area contributed by atoms with E-state index in [9.17, 15) is 0 Å². The molecule has 0 saturated heterocycles. The Kier molecular flexibility index (Phi) is 4.96. The number of hydrogen-bond donors (Lipinski definition) is 1. The van der Waals surface area contributed by atoms with Crippen LogP contribution in [0.1, 0.15) is 17.2 Å². The third-order valence-electron chi connectivity index (χ3n) is 3.28. The fourth-order valence-corrected chi connectivity index (χ4v) is 2.85. The molecule has 20 heavy (non-hydrogen) atoms. The van der Waals surface area contributed by atoms with Crippen LogP contribution in [0.3, 0.4) is 0 Å². The molecule has 0 bridgehead atoms. The topological polar surface area (TPSA) is 26.0 Å². The van der Waals surface area contributed by atoms with Gasteiger partial charge in [0.2, 0.25) is 0 Å². The minimum atomic E-state index is -0.0314. The van der Waals surface area contributed by atoms with Crippen molar-refractivity contribution in [2.24, 2.45) is 5.73 Å². The van der Waals surface area contributed by atoms with Crippen molar-refractivity contribution in [1.82, 2.24) is 0 Å². The highest BCUT2D eigenvalue weighted by molar-refractivity contribution is 7.08. The van der Waals surface area contributed by atoms with Crippen LogP contribution in [0, 0.1) is 0 Å². The van der Waals surface area contributed by atoms with E-state index in [-0.39, 0.29) is 18.4 Å². The molecule has 3 rings (SSSR count). The summed E-state index contributed by atoms with van der Waals surface area (Å²) < 4.78 is 0. The average molecular weight is 302 g/mol. The zero-order valence-electron chi connectivity index (χ0n) is 10.9. The first-order chi connectivity index (χ1) is 9.34. The van der Waals surface area contributed by atoms with E-state index < -0.39 is 0 Å². The molecule has 0 radical (unpaired) electrons. The Morgan fingerprint density at radius 3 is 2.00 bits per heavy atom. The van der Waals surface area contributed by atoms with Gasteiger partial charge in [0.15, 0.2) is 0 Å². The normalized spacial score (nSPS) is 11.7. The first kappa shape index (κ1) is 14.8.